The number of methoxy groups -OCH3 is 1. The van der Waals surface area contributed by atoms with Crippen LogP contribution in [0.1, 0.15) is 22.3 Å². The zero-order valence-electron chi connectivity index (χ0n) is 24.6. The molecule has 3 aromatic carbocycles. The van der Waals surface area contributed by atoms with Crippen molar-refractivity contribution in [1.29, 1.82) is 0 Å². The third kappa shape index (κ3) is 6.71. The van der Waals surface area contributed by atoms with E-state index in [1.54, 1.807) is 0 Å². The number of amides is 1. The number of para-hydroxylation sites is 1. The molecule has 0 unspecified atom stereocenters. The number of halogens is 15. The summed E-state index contributed by atoms with van der Waals surface area (Å²) in [6.45, 7) is 0.322. The Balaban J connectivity index is 2.19. The summed E-state index contributed by atoms with van der Waals surface area (Å²) in [5.41, 5.74) is -0.700. The van der Waals surface area contributed by atoms with E-state index < -0.39 is 65.4 Å². The van der Waals surface area contributed by atoms with Crippen LogP contribution < -0.4 is 9.64 Å². The van der Waals surface area contributed by atoms with Crippen LogP contribution in [0, 0.1) is 18.8 Å². The van der Waals surface area contributed by atoms with E-state index in [1.807, 2.05) is 0 Å². The molecule has 3 nitrogen and oxygen atoms in total. The summed E-state index contributed by atoms with van der Waals surface area (Å²) in [4.78, 5) is 12.8. The Morgan fingerprint density at radius 1 is 0.633 bits per heavy atom. The molecular formula is C31H20F15NO2. The molecular weight excluding hydrogens is 703 g/mol. The second-order valence-corrected chi connectivity index (χ2v) is 10.3. The SMILES string of the molecule is COc1ccc(C#Cc2ccccc2N(Cc2ccc(C)cc2)C(=O)C(F)(F)C(F)(F)C(F)(F)C(F)(F)C(F)(F)C(F)(F)C(F)(F)F)cc1. The molecule has 18 heteroatoms. The van der Waals surface area contributed by atoms with Crippen LogP contribution in [0.4, 0.5) is 71.5 Å². The number of hydrogen-bond donors (Lipinski definition) is 0. The van der Waals surface area contributed by atoms with E-state index in [1.165, 1.54) is 56.5 Å². The summed E-state index contributed by atoms with van der Waals surface area (Å²) in [7, 11) is 1.34. The molecule has 0 spiro atoms. The van der Waals surface area contributed by atoms with Crippen LogP contribution in [0.25, 0.3) is 0 Å². The summed E-state index contributed by atoms with van der Waals surface area (Å²) in [6, 6.07) is 14.6. The Kier molecular flexibility index (Phi) is 10.4. The lowest BCUT2D eigenvalue weighted by atomic mass is 9.90. The minimum Gasteiger partial charge on any atom is -0.497 e. The average molecular weight is 723 g/mol. The van der Waals surface area contributed by atoms with Gasteiger partial charge < -0.3 is 9.64 Å². The fourth-order valence-corrected chi connectivity index (χ4v) is 4.04. The maximum Gasteiger partial charge on any atom is 0.460 e. The van der Waals surface area contributed by atoms with Crippen molar-refractivity contribution in [3.63, 3.8) is 0 Å². The predicted molar refractivity (Wildman–Crippen MR) is 144 cm³/mol. The lowest BCUT2D eigenvalue weighted by Crippen LogP contribution is -2.74. The minimum atomic E-state index is -8.53. The molecule has 0 bridgehead atoms. The highest BCUT2D eigenvalue weighted by Crippen LogP contribution is 2.62. The van der Waals surface area contributed by atoms with Crippen molar-refractivity contribution in [2.75, 3.05) is 12.0 Å². The molecule has 0 heterocycles. The monoisotopic (exact) mass is 723 g/mol. The third-order valence-corrected chi connectivity index (χ3v) is 6.93. The van der Waals surface area contributed by atoms with Gasteiger partial charge in [-0.3, -0.25) is 4.79 Å². The van der Waals surface area contributed by atoms with Crippen LogP contribution in [0.15, 0.2) is 72.8 Å². The van der Waals surface area contributed by atoms with Crippen molar-refractivity contribution < 1.29 is 75.4 Å². The molecule has 3 rings (SSSR count). The number of benzene rings is 3. The van der Waals surface area contributed by atoms with E-state index in [0.29, 0.717) is 11.3 Å². The fourth-order valence-electron chi connectivity index (χ4n) is 4.04. The predicted octanol–water partition coefficient (Wildman–Crippen LogP) is 9.31. The molecule has 266 valence electrons. The first-order chi connectivity index (χ1) is 22.3. The first-order valence-corrected chi connectivity index (χ1v) is 13.2. The molecule has 1 amide bonds. The maximum atomic E-state index is 15.2. The fraction of sp³-hybridized carbons (Fsp3) is 0.323. The van der Waals surface area contributed by atoms with Gasteiger partial charge in [-0.15, -0.1) is 0 Å². The van der Waals surface area contributed by atoms with E-state index in [9.17, 15) is 61.9 Å². The maximum absolute atomic E-state index is 15.2. The summed E-state index contributed by atoms with van der Waals surface area (Å²) in [6.07, 6.45) is -7.75. The van der Waals surface area contributed by atoms with Crippen LogP contribution in [0.5, 0.6) is 5.75 Å². The van der Waals surface area contributed by atoms with Gasteiger partial charge in [0.1, 0.15) is 5.75 Å². The molecule has 0 fully saturated rings. The van der Waals surface area contributed by atoms with Gasteiger partial charge in [0, 0.05) is 11.1 Å². The van der Waals surface area contributed by atoms with Crippen molar-refractivity contribution in [3.05, 3.63) is 95.1 Å². The standard InChI is InChI=1S/C31H20F15NO2/c1-18-7-9-20(10-8-18)17-47(23-6-4-3-5-21(23)14-11-19-12-15-22(49-2)16-13-19)24(48)25(32,33)26(34,35)27(36,37)28(38,39)29(40,41)30(42,43)31(44,45)46/h3-10,12-13,15-16H,17H2,1-2H3. The summed E-state index contributed by atoms with van der Waals surface area (Å²) in [5.74, 6) is -46.9. The Labute approximate surface area is 267 Å². The number of nitrogens with zero attached hydrogens (tertiary/aromatic N) is 1. The summed E-state index contributed by atoms with van der Waals surface area (Å²) in [5, 5.41) is 0. The van der Waals surface area contributed by atoms with Gasteiger partial charge in [0.2, 0.25) is 0 Å². The molecule has 0 saturated carbocycles. The Morgan fingerprint density at radius 3 is 1.63 bits per heavy atom. The number of anilines is 1. The van der Waals surface area contributed by atoms with Gasteiger partial charge in [0.15, 0.2) is 0 Å². The topological polar surface area (TPSA) is 29.5 Å². The van der Waals surface area contributed by atoms with E-state index >= 15 is 8.78 Å². The first kappa shape index (κ1) is 38.9. The number of alkyl halides is 15. The van der Waals surface area contributed by atoms with Gasteiger partial charge >= 0.3 is 47.6 Å². The number of ether oxygens (including phenoxy) is 1. The van der Waals surface area contributed by atoms with E-state index in [-0.39, 0.29) is 16.0 Å². The smallest absolute Gasteiger partial charge is 0.460 e. The number of rotatable bonds is 10. The van der Waals surface area contributed by atoms with Crippen LogP contribution in [0.3, 0.4) is 0 Å². The summed E-state index contributed by atoms with van der Waals surface area (Å²) >= 11 is 0. The van der Waals surface area contributed by atoms with Crippen LogP contribution >= 0.6 is 0 Å². The molecule has 0 aromatic heterocycles. The second-order valence-electron chi connectivity index (χ2n) is 10.3. The minimum absolute atomic E-state index is 0.176. The number of carbonyl (C=O) groups is 1. The normalized spacial score (nSPS) is 13.4. The number of hydrogen-bond acceptors (Lipinski definition) is 2. The largest absolute Gasteiger partial charge is 0.497 e. The molecule has 0 radical (unpaired) electrons. The van der Waals surface area contributed by atoms with E-state index in [4.69, 9.17) is 4.74 Å². The molecule has 3 aromatic rings. The van der Waals surface area contributed by atoms with Crippen LogP contribution in [-0.2, 0) is 11.3 Å². The van der Waals surface area contributed by atoms with Crippen molar-refractivity contribution >= 4 is 11.6 Å². The Bertz CT molecular complexity index is 1710. The second kappa shape index (κ2) is 13.0. The molecule has 49 heavy (non-hydrogen) atoms. The van der Waals surface area contributed by atoms with E-state index in [0.717, 1.165) is 30.3 Å². The van der Waals surface area contributed by atoms with Crippen LogP contribution in [0.2, 0.25) is 0 Å². The number of aryl methyl sites for hydroxylation is 1. The molecule has 0 N–H and O–H groups in total. The van der Waals surface area contributed by atoms with E-state index in [2.05, 4.69) is 11.8 Å². The Hall–Kier alpha value is -4.56. The highest BCUT2D eigenvalue weighted by molar-refractivity contribution is 6.00. The van der Waals surface area contributed by atoms with Crippen molar-refractivity contribution in [1.82, 2.24) is 0 Å². The molecule has 0 atom stereocenters. The zero-order valence-corrected chi connectivity index (χ0v) is 24.6. The molecule has 0 aliphatic carbocycles. The lowest BCUT2D eigenvalue weighted by Gasteiger charge is -2.41. The molecule has 0 saturated heterocycles. The number of carbonyl (C=O) groups excluding carboxylic acids is 1. The van der Waals surface area contributed by atoms with Gasteiger partial charge in [0.05, 0.1) is 19.3 Å². The third-order valence-electron chi connectivity index (χ3n) is 6.93. The molecule has 0 aliphatic rings. The summed E-state index contributed by atoms with van der Waals surface area (Å²) < 4.78 is 214. The Morgan fingerprint density at radius 2 is 1.12 bits per heavy atom. The van der Waals surface area contributed by atoms with Crippen LogP contribution in [-0.4, -0.2) is 54.7 Å². The van der Waals surface area contributed by atoms with Crippen molar-refractivity contribution in [2.45, 2.75) is 55.2 Å². The van der Waals surface area contributed by atoms with Crippen molar-refractivity contribution in [3.8, 4) is 17.6 Å². The van der Waals surface area contributed by atoms with Gasteiger partial charge in [-0.25, -0.2) is 0 Å². The lowest BCUT2D eigenvalue weighted by molar-refractivity contribution is -0.449. The highest BCUT2D eigenvalue weighted by Gasteiger charge is 2.94. The first-order valence-electron chi connectivity index (χ1n) is 13.2. The van der Waals surface area contributed by atoms with Gasteiger partial charge in [-0.1, -0.05) is 53.8 Å². The van der Waals surface area contributed by atoms with Gasteiger partial charge in [-0.05, 0) is 48.9 Å². The molecule has 0 aliphatic heterocycles. The zero-order chi connectivity index (χ0) is 37.4. The van der Waals surface area contributed by atoms with Gasteiger partial charge in [-0.2, -0.15) is 65.9 Å². The average Bonchev–Trinajstić information content (AvgIpc) is 3.02. The van der Waals surface area contributed by atoms with Crippen molar-refractivity contribution in [2.24, 2.45) is 0 Å². The quantitative estimate of drug-likeness (QED) is 0.154. The van der Waals surface area contributed by atoms with Gasteiger partial charge in [0.25, 0.3) is 0 Å². The highest BCUT2D eigenvalue weighted by atomic mass is 19.4.